The van der Waals surface area contributed by atoms with E-state index >= 15 is 0 Å². The summed E-state index contributed by atoms with van der Waals surface area (Å²) in [6.07, 6.45) is 2.09. The third-order valence-electron chi connectivity index (χ3n) is 2.66. The maximum absolute atomic E-state index is 11.9. The number of benzene rings is 1. The van der Waals surface area contributed by atoms with Gasteiger partial charge in [0.2, 0.25) is 5.91 Å². The minimum absolute atomic E-state index is 0.0151. The first-order chi connectivity index (χ1) is 9.58. The number of anilines is 1. The van der Waals surface area contributed by atoms with Crippen LogP contribution in [0.1, 0.15) is 11.3 Å². The lowest BCUT2D eigenvalue weighted by atomic mass is 10.2. The summed E-state index contributed by atoms with van der Waals surface area (Å²) in [6.45, 7) is 2.08. The fraction of sp³-hybridized carbons (Fsp3) is 0.308. The molecule has 20 heavy (non-hydrogen) atoms. The molecule has 0 spiro atoms. The lowest BCUT2D eigenvalue weighted by Gasteiger charge is -2.07. The zero-order valence-corrected chi connectivity index (χ0v) is 12.6. The molecule has 0 saturated heterocycles. The van der Waals surface area contributed by atoms with Gasteiger partial charge in [0.25, 0.3) is 0 Å². The Hall–Kier alpha value is -1.73. The first-order valence-electron chi connectivity index (χ1n) is 6.14. The van der Waals surface area contributed by atoms with Gasteiger partial charge in [0, 0.05) is 23.7 Å². The molecule has 0 radical (unpaired) electrons. The second-order valence-corrected chi connectivity index (χ2v) is 5.27. The molecule has 0 atom stereocenters. The van der Waals surface area contributed by atoms with Crippen LogP contribution in [0.5, 0.6) is 0 Å². The molecule has 1 aromatic heterocycles. The normalized spacial score (nSPS) is 10.6. The molecule has 0 aliphatic rings. The van der Waals surface area contributed by atoms with Crippen molar-refractivity contribution in [1.29, 1.82) is 0 Å². The van der Waals surface area contributed by atoms with E-state index in [1.165, 1.54) is 4.68 Å². The van der Waals surface area contributed by atoms with Crippen LogP contribution in [0.2, 0.25) is 0 Å². The number of nitrogens with zero attached hydrogens (tertiary/aromatic N) is 3. The van der Waals surface area contributed by atoms with Gasteiger partial charge in [-0.2, -0.15) is 0 Å². The first kappa shape index (κ1) is 14.7. The van der Waals surface area contributed by atoms with E-state index in [-0.39, 0.29) is 19.1 Å². The standard InChI is InChI=1S/C13H15BrN4O2/c1-9-2-3-12(11(14)6-9)15-13(20)8-18-7-10(4-5-19)16-17-18/h2-3,6-7,19H,4-5,8H2,1H3,(H,15,20). The maximum Gasteiger partial charge on any atom is 0.246 e. The summed E-state index contributed by atoms with van der Waals surface area (Å²) in [5, 5.41) is 19.3. The van der Waals surface area contributed by atoms with Gasteiger partial charge in [-0.3, -0.25) is 4.79 Å². The monoisotopic (exact) mass is 338 g/mol. The Morgan fingerprint density at radius 3 is 3.00 bits per heavy atom. The number of carbonyl (C=O) groups excluding carboxylic acids is 1. The second-order valence-electron chi connectivity index (χ2n) is 4.41. The summed E-state index contributed by atoms with van der Waals surface area (Å²) in [7, 11) is 0. The highest BCUT2D eigenvalue weighted by Crippen LogP contribution is 2.23. The van der Waals surface area contributed by atoms with E-state index in [1.54, 1.807) is 6.20 Å². The quantitative estimate of drug-likeness (QED) is 0.866. The van der Waals surface area contributed by atoms with Crippen LogP contribution in [-0.2, 0) is 17.8 Å². The summed E-state index contributed by atoms with van der Waals surface area (Å²) in [5.74, 6) is -0.185. The molecule has 2 aromatic rings. The number of hydrogen-bond acceptors (Lipinski definition) is 4. The van der Waals surface area contributed by atoms with Gasteiger partial charge in [0.1, 0.15) is 6.54 Å². The Kier molecular flexibility index (Phi) is 4.86. The van der Waals surface area contributed by atoms with Gasteiger partial charge in [-0.25, -0.2) is 4.68 Å². The van der Waals surface area contributed by atoms with Crippen LogP contribution >= 0.6 is 15.9 Å². The van der Waals surface area contributed by atoms with Crippen molar-refractivity contribution in [1.82, 2.24) is 15.0 Å². The largest absolute Gasteiger partial charge is 0.396 e. The molecule has 6 nitrogen and oxygen atoms in total. The predicted octanol–water partition coefficient (Wildman–Crippen LogP) is 1.52. The number of nitrogens with one attached hydrogen (secondary N) is 1. The molecule has 0 aliphatic heterocycles. The number of aryl methyl sites for hydroxylation is 1. The Labute approximate surface area is 124 Å². The van der Waals surface area contributed by atoms with Crippen molar-refractivity contribution in [3.63, 3.8) is 0 Å². The number of hydrogen-bond donors (Lipinski definition) is 2. The third kappa shape index (κ3) is 3.88. The van der Waals surface area contributed by atoms with Crippen LogP contribution in [0.4, 0.5) is 5.69 Å². The maximum atomic E-state index is 11.9. The Bertz CT molecular complexity index is 612. The number of carbonyl (C=O) groups is 1. The average Bonchev–Trinajstić information content (AvgIpc) is 2.81. The zero-order chi connectivity index (χ0) is 14.5. The van der Waals surface area contributed by atoms with Crippen LogP contribution in [-0.4, -0.2) is 32.6 Å². The summed E-state index contributed by atoms with van der Waals surface area (Å²) in [5.41, 5.74) is 2.49. The molecule has 0 bridgehead atoms. The van der Waals surface area contributed by atoms with Crippen molar-refractivity contribution in [2.45, 2.75) is 19.9 Å². The van der Waals surface area contributed by atoms with Crippen LogP contribution < -0.4 is 5.32 Å². The van der Waals surface area contributed by atoms with Crippen molar-refractivity contribution in [3.8, 4) is 0 Å². The molecule has 106 valence electrons. The van der Waals surface area contributed by atoms with Gasteiger partial charge in [-0.1, -0.05) is 11.3 Å². The second kappa shape index (κ2) is 6.62. The van der Waals surface area contributed by atoms with Crippen LogP contribution in [0, 0.1) is 6.92 Å². The fourth-order valence-corrected chi connectivity index (χ4v) is 2.30. The number of halogens is 1. The van der Waals surface area contributed by atoms with Gasteiger partial charge >= 0.3 is 0 Å². The Morgan fingerprint density at radius 1 is 1.50 bits per heavy atom. The van der Waals surface area contributed by atoms with Gasteiger partial charge in [-0.15, -0.1) is 5.10 Å². The van der Waals surface area contributed by atoms with E-state index in [4.69, 9.17) is 5.11 Å². The van der Waals surface area contributed by atoms with E-state index in [9.17, 15) is 4.79 Å². The molecular weight excluding hydrogens is 324 g/mol. The smallest absolute Gasteiger partial charge is 0.246 e. The van der Waals surface area contributed by atoms with Gasteiger partial charge in [0.05, 0.1) is 11.4 Å². The highest BCUT2D eigenvalue weighted by Gasteiger charge is 2.08. The van der Waals surface area contributed by atoms with Gasteiger partial charge in [-0.05, 0) is 40.5 Å². The van der Waals surface area contributed by atoms with E-state index in [0.29, 0.717) is 12.1 Å². The van der Waals surface area contributed by atoms with Crippen LogP contribution in [0.25, 0.3) is 0 Å². The highest BCUT2D eigenvalue weighted by atomic mass is 79.9. The molecule has 0 saturated carbocycles. The molecule has 7 heteroatoms. The molecule has 0 aliphatic carbocycles. The lowest BCUT2D eigenvalue weighted by molar-refractivity contribution is -0.116. The zero-order valence-electron chi connectivity index (χ0n) is 11.0. The Balaban J connectivity index is 1.97. The summed E-state index contributed by atoms with van der Waals surface area (Å²) in [4.78, 5) is 11.9. The van der Waals surface area contributed by atoms with Crippen LogP contribution in [0.15, 0.2) is 28.9 Å². The van der Waals surface area contributed by atoms with E-state index in [1.807, 2.05) is 25.1 Å². The van der Waals surface area contributed by atoms with Crippen molar-refractivity contribution < 1.29 is 9.90 Å². The summed E-state index contributed by atoms with van der Waals surface area (Å²) in [6, 6.07) is 5.70. The fourth-order valence-electron chi connectivity index (χ4n) is 1.70. The summed E-state index contributed by atoms with van der Waals surface area (Å²) < 4.78 is 2.29. The molecule has 2 rings (SSSR count). The minimum Gasteiger partial charge on any atom is -0.396 e. The molecule has 2 N–H and O–H groups in total. The summed E-state index contributed by atoms with van der Waals surface area (Å²) >= 11 is 3.41. The lowest BCUT2D eigenvalue weighted by Crippen LogP contribution is -2.19. The van der Waals surface area contributed by atoms with Crippen LogP contribution in [0.3, 0.4) is 0 Å². The van der Waals surface area contributed by atoms with Crippen molar-refractivity contribution in [2.75, 3.05) is 11.9 Å². The molecule has 1 amide bonds. The number of aliphatic hydroxyl groups is 1. The molecular formula is C13H15BrN4O2. The van der Waals surface area contributed by atoms with Gasteiger partial charge in [0.15, 0.2) is 0 Å². The van der Waals surface area contributed by atoms with Gasteiger partial charge < -0.3 is 10.4 Å². The SMILES string of the molecule is Cc1ccc(NC(=O)Cn2cc(CCO)nn2)c(Br)c1. The van der Waals surface area contributed by atoms with E-state index < -0.39 is 0 Å². The van der Waals surface area contributed by atoms with Crippen molar-refractivity contribution in [3.05, 3.63) is 40.1 Å². The number of aliphatic hydroxyl groups excluding tert-OH is 1. The topological polar surface area (TPSA) is 80.0 Å². The Morgan fingerprint density at radius 2 is 2.30 bits per heavy atom. The van der Waals surface area contributed by atoms with Crippen molar-refractivity contribution >= 4 is 27.5 Å². The molecule has 1 aromatic carbocycles. The number of amides is 1. The van der Waals surface area contributed by atoms with Crippen molar-refractivity contribution in [2.24, 2.45) is 0 Å². The van der Waals surface area contributed by atoms with E-state index in [0.717, 1.165) is 15.7 Å². The van der Waals surface area contributed by atoms with E-state index in [2.05, 4.69) is 31.6 Å². The highest BCUT2D eigenvalue weighted by molar-refractivity contribution is 9.10. The first-order valence-corrected chi connectivity index (χ1v) is 6.93. The third-order valence-corrected chi connectivity index (χ3v) is 3.31. The number of rotatable bonds is 5. The molecule has 0 fully saturated rings. The molecule has 1 heterocycles. The average molecular weight is 339 g/mol. The number of aromatic nitrogens is 3. The molecule has 0 unspecified atom stereocenters. The predicted molar refractivity (Wildman–Crippen MR) is 78.3 cm³/mol. The minimum atomic E-state index is -0.185.